The van der Waals surface area contributed by atoms with E-state index in [1.54, 1.807) is 0 Å². The largest absolute Gasteiger partial charge is 0.312 e. The van der Waals surface area contributed by atoms with Gasteiger partial charge in [0.15, 0.2) is 0 Å². The van der Waals surface area contributed by atoms with Gasteiger partial charge in [-0.3, -0.25) is 0 Å². The average molecular weight is 254 g/mol. The fourth-order valence-corrected chi connectivity index (χ4v) is 3.88. The first-order chi connectivity index (χ1) is 8.44. The molecular formula is C16H34N2. The van der Waals surface area contributed by atoms with Gasteiger partial charge in [0, 0.05) is 11.6 Å². The molecule has 0 bridgehead atoms. The molecular weight excluding hydrogens is 220 g/mol. The lowest BCUT2D eigenvalue weighted by molar-refractivity contribution is 0.0212. The standard InChI is InChI=1S/C16H34N2/c1-7-11-17-15(13(2)3)16(18(5)6)10-8-9-14(4)12-16/h13-15,17H,7-12H2,1-6H3. The second-order valence-corrected chi connectivity index (χ2v) is 6.88. The fraction of sp³-hybridized carbons (Fsp3) is 1.00. The molecule has 0 spiro atoms. The molecule has 0 aromatic rings. The minimum atomic E-state index is 0.362. The number of rotatable bonds is 6. The number of hydrogen-bond acceptors (Lipinski definition) is 2. The van der Waals surface area contributed by atoms with Gasteiger partial charge in [0.2, 0.25) is 0 Å². The summed E-state index contributed by atoms with van der Waals surface area (Å²) in [6, 6.07) is 0.621. The Hall–Kier alpha value is -0.0800. The molecule has 3 atom stereocenters. The Labute approximate surface area is 115 Å². The molecule has 18 heavy (non-hydrogen) atoms. The third-order valence-corrected chi connectivity index (χ3v) is 4.76. The van der Waals surface area contributed by atoms with Crippen LogP contribution in [-0.4, -0.2) is 37.1 Å². The van der Waals surface area contributed by atoms with E-state index in [0.29, 0.717) is 17.5 Å². The van der Waals surface area contributed by atoms with Gasteiger partial charge in [-0.05, 0) is 51.7 Å². The van der Waals surface area contributed by atoms with Crippen LogP contribution >= 0.6 is 0 Å². The fourth-order valence-electron chi connectivity index (χ4n) is 3.88. The van der Waals surface area contributed by atoms with Gasteiger partial charge in [0.05, 0.1) is 0 Å². The van der Waals surface area contributed by atoms with Crippen LogP contribution in [0.15, 0.2) is 0 Å². The van der Waals surface area contributed by atoms with Crippen molar-refractivity contribution in [2.75, 3.05) is 20.6 Å². The van der Waals surface area contributed by atoms with Crippen molar-refractivity contribution in [2.24, 2.45) is 11.8 Å². The molecule has 3 unspecified atom stereocenters. The average Bonchev–Trinajstić information content (AvgIpc) is 2.28. The SMILES string of the molecule is CCCNC(C(C)C)C1(N(C)C)CCCC(C)C1. The first-order valence-corrected chi connectivity index (χ1v) is 7.85. The molecule has 0 aromatic carbocycles. The molecule has 0 heterocycles. The second kappa shape index (κ2) is 6.91. The van der Waals surface area contributed by atoms with E-state index in [0.717, 1.165) is 12.5 Å². The highest BCUT2D eigenvalue weighted by atomic mass is 15.2. The van der Waals surface area contributed by atoms with E-state index in [1.807, 2.05) is 0 Å². The third kappa shape index (κ3) is 3.48. The van der Waals surface area contributed by atoms with Gasteiger partial charge in [0.25, 0.3) is 0 Å². The van der Waals surface area contributed by atoms with Gasteiger partial charge in [-0.15, -0.1) is 0 Å². The Balaban J connectivity index is 2.91. The highest BCUT2D eigenvalue weighted by molar-refractivity contribution is 5.03. The lowest BCUT2D eigenvalue weighted by atomic mass is 9.68. The van der Waals surface area contributed by atoms with E-state index in [4.69, 9.17) is 0 Å². The van der Waals surface area contributed by atoms with Crippen LogP contribution in [0, 0.1) is 11.8 Å². The summed E-state index contributed by atoms with van der Waals surface area (Å²) >= 11 is 0. The van der Waals surface area contributed by atoms with Crippen LogP contribution in [0.25, 0.3) is 0 Å². The quantitative estimate of drug-likeness (QED) is 0.780. The second-order valence-electron chi connectivity index (χ2n) is 6.88. The van der Waals surface area contributed by atoms with Gasteiger partial charge >= 0.3 is 0 Å². The predicted octanol–water partition coefficient (Wildman–Crippen LogP) is 3.52. The van der Waals surface area contributed by atoms with E-state index >= 15 is 0 Å². The Morgan fingerprint density at radius 2 is 2.00 bits per heavy atom. The molecule has 1 saturated carbocycles. The predicted molar refractivity (Wildman–Crippen MR) is 81.0 cm³/mol. The van der Waals surface area contributed by atoms with Crippen LogP contribution in [0.1, 0.15) is 59.8 Å². The number of nitrogens with one attached hydrogen (secondary N) is 1. The van der Waals surface area contributed by atoms with Crippen LogP contribution in [0.3, 0.4) is 0 Å². The molecule has 2 heteroatoms. The molecule has 0 aliphatic heterocycles. The molecule has 0 radical (unpaired) electrons. The Morgan fingerprint density at radius 3 is 2.44 bits per heavy atom. The van der Waals surface area contributed by atoms with E-state index in [2.05, 4.69) is 52.0 Å². The minimum absolute atomic E-state index is 0.362. The van der Waals surface area contributed by atoms with Crippen molar-refractivity contribution in [1.29, 1.82) is 0 Å². The maximum atomic E-state index is 3.84. The smallest absolute Gasteiger partial charge is 0.0361 e. The monoisotopic (exact) mass is 254 g/mol. The van der Waals surface area contributed by atoms with Crippen LogP contribution in [0.2, 0.25) is 0 Å². The van der Waals surface area contributed by atoms with Gasteiger partial charge in [-0.2, -0.15) is 0 Å². The van der Waals surface area contributed by atoms with Crippen molar-refractivity contribution in [1.82, 2.24) is 10.2 Å². The Morgan fingerprint density at radius 1 is 1.33 bits per heavy atom. The zero-order valence-corrected chi connectivity index (χ0v) is 13.4. The van der Waals surface area contributed by atoms with Gasteiger partial charge in [-0.1, -0.05) is 40.5 Å². The number of hydrogen-bond donors (Lipinski definition) is 1. The Kier molecular flexibility index (Phi) is 6.13. The molecule has 1 aliphatic rings. The molecule has 1 N–H and O–H groups in total. The highest BCUT2D eigenvalue weighted by Crippen LogP contribution is 2.40. The van der Waals surface area contributed by atoms with Crippen molar-refractivity contribution in [2.45, 2.75) is 71.4 Å². The maximum Gasteiger partial charge on any atom is 0.0361 e. The van der Waals surface area contributed by atoms with Crippen LogP contribution in [0.4, 0.5) is 0 Å². The van der Waals surface area contributed by atoms with Crippen LogP contribution in [0.5, 0.6) is 0 Å². The summed E-state index contributed by atoms with van der Waals surface area (Å²) in [6.45, 7) is 10.6. The molecule has 0 amide bonds. The van der Waals surface area contributed by atoms with E-state index < -0.39 is 0 Å². The van der Waals surface area contributed by atoms with Gasteiger partial charge < -0.3 is 10.2 Å². The first kappa shape index (κ1) is 16.0. The Bertz CT molecular complexity index is 237. The minimum Gasteiger partial charge on any atom is -0.312 e. The first-order valence-electron chi connectivity index (χ1n) is 7.85. The molecule has 2 nitrogen and oxygen atoms in total. The topological polar surface area (TPSA) is 15.3 Å². The normalized spacial score (nSPS) is 31.0. The van der Waals surface area contributed by atoms with Crippen LogP contribution in [-0.2, 0) is 0 Å². The van der Waals surface area contributed by atoms with Gasteiger partial charge in [0.1, 0.15) is 0 Å². The van der Waals surface area contributed by atoms with E-state index in [-0.39, 0.29) is 0 Å². The van der Waals surface area contributed by atoms with Crippen molar-refractivity contribution in [3.8, 4) is 0 Å². The molecule has 1 aliphatic carbocycles. The summed E-state index contributed by atoms with van der Waals surface area (Å²) in [5.41, 5.74) is 0.362. The van der Waals surface area contributed by atoms with Crippen molar-refractivity contribution >= 4 is 0 Å². The maximum absolute atomic E-state index is 3.84. The third-order valence-electron chi connectivity index (χ3n) is 4.76. The molecule has 0 saturated heterocycles. The van der Waals surface area contributed by atoms with Gasteiger partial charge in [-0.25, -0.2) is 0 Å². The van der Waals surface area contributed by atoms with Crippen LogP contribution < -0.4 is 5.32 Å². The van der Waals surface area contributed by atoms with E-state index in [9.17, 15) is 0 Å². The zero-order valence-electron chi connectivity index (χ0n) is 13.4. The lowest BCUT2D eigenvalue weighted by Crippen LogP contribution is -2.62. The van der Waals surface area contributed by atoms with Crippen molar-refractivity contribution in [3.63, 3.8) is 0 Å². The number of likely N-dealkylation sites (N-methyl/N-ethyl adjacent to an activating group) is 1. The van der Waals surface area contributed by atoms with Crippen molar-refractivity contribution in [3.05, 3.63) is 0 Å². The van der Waals surface area contributed by atoms with Crippen molar-refractivity contribution < 1.29 is 0 Å². The summed E-state index contributed by atoms with van der Waals surface area (Å²) in [5.74, 6) is 1.56. The molecule has 108 valence electrons. The summed E-state index contributed by atoms with van der Waals surface area (Å²) in [4.78, 5) is 2.51. The summed E-state index contributed by atoms with van der Waals surface area (Å²) < 4.78 is 0. The summed E-state index contributed by atoms with van der Waals surface area (Å²) in [7, 11) is 4.56. The lowest BCUT2D eigenvalue weighted by Gasteiger charge is -2.52. The highest BCUT2D eigenvalue weighted by Gasteiger charge is 2.44. The zero-order chi connectivity index (χ0) is 13.8. The molecule has 0 aromatic heterocycles. The molecule has 1 rings (SSSR count). The summed E-state index contributed by atoms with van der Waals surface area (Å²) in [5, 5.41) is 3.84. The number of nitrogens with zero attached hydrogens (tertiary/aromatic N) is 1. The summed E-state index contributed by atoms with van der Waals surface area (Å²) in [6.07, 6.45) is 6.72. The molecule has 1 fully saturated rings. The van der Waals surface area contributed by atoms with E-state index in [1.165, 1.54) is 32.1 Å².